The molecule has 0 aliphatic carbocycles. The first kappa shape index (κ1) is 10.8. The molecule has 0 unspecified atom stereocenters. The quantitative estimate of drug-likeness (QED) is 0.540. The highest BCUT2D eigenvalue weighted by Gasteiger charge is 2.05. The molecule has 0 spiro atoms. The first-order chi connectivity index (χ1) is 6.77. The highest BCUT2D eigenvalue weighted by atomic mass is 16.5. The minimum absolute atomic E-state index is 0.193. The van der Waals surface area contributed by atoms with Crippen molar-refractivity contribution >= 4 is 5.97 Å². The van der Waals surface area contributed by atoms with Crippen LogP contribution in [0.2, 0.25) is 0 Å². The van der Waals surface area contributed by atoms with E-state index >= 15 is 0 Å². The number of aryl methyl sites for hydroxylation is 1. The molecule has 0 saturated carbocycles. The topological polar surface area (TPSA) is 26.3 Å². The number of carbonyl (C=O) groups is 1. The lowest BCUT2D eigenvalue weighted by Crippen LogP contribution is -2.07. The lowest BCUT2D eigenvalue weighted by Gasteiger charge is -2.07. The molecule has 0 aliphatic rings. The molecular formula is C12H15O2. The van der Waals surface area contributed by atoms with E-state index in [2.05, 4.69) is 6.92 Å². The molecule has 1 radical (unpaired) electrons. The number of para-hydroxylation sites is 1. The van der Waals surface area contributed by atoms with Crippen molar-refractivity contribution in [2.45, 2.75) is 26.2 Å². The molecule has 75 valence electrons. The lowest BCUT2D eigenvalue weighted by atomic mass is 10.1. The third-order valence-corrected chi connectivity index (χ3v) is 1.93. The summed E-state index contributed by atoms with van der Waals surface area (Å²) in [4.78, 5) is 11.1. The van der Waals surface area contributed by atoms with E-state index in [1.807, 2.05) is 24.3 Å². The third-order valence-electron chi connectivity index (χ3n) is 1.93. The van der Waals surface area contributed by atoms with Crippen molar-refractivity contribution in [1.29, 1.82) is 0 Å². The number of esters is 1. The largest absolute Gasteiger partial charge is 0.426 e. The van der Waals surface area contributed by atoms with Crippen molar-refractivity contribution in [3.8, 4) is 5.75 Å². The van der Waals surface area contributed by atoms with Crippen LogP contribution < -0.4 is 4.74 Å². The maximum Gasteiger partial charge on any atom is 0.310 e. The van der Waals surface area contributed by atoms with Crippen molar-refractivity contribution < 1.29 is 9.53 Å². The zero-order chi connectivity index (χ0) is 10.4. The Morgan fingerprint density at radius 3 is 2.79 bits per heavy atom. The van der Waals surface area contributed by atoms with E-state index in [-0.39, 0.29) is 5.97 Å². The van der Waals surface area contributed by atoms with Crippen molar-refractivity contribution in [1.82, 2.24) is 0 Å². The van der Waals surface area contributed by atoms with Crippen LogP contribution in [-0.2, 0) is 11.2 Å². The summed E-state index contributed by atoms with van der Waals surface area (Å²) in [5.41, 5.74) is 1.05. The fourth-order valence-corrected chi connectivity index (χ4v) is 1.20. The van der Waals surface area contributed by atoms with Crippen LogP contribution in [0.3, 0.4) is 0 Å². The first-order valence-electron chi connectivity index (χ1n) is 4.85. The average molecular weight is 191 g/mol. The van der Waals surface area contributed by atoms with Gasteiger partial charge in [-0.1, -0.05) is 32.0 Å². The van der Waals surface area contributed by atoms with Crippen LogP contribution in [0.1, 0.15) is 25.3 Å². The molecule has 0 N–H and O–H groups in total. The molecular weight excluding hydrogens is 176 g/mol. The van der Waals surface area contributed by atoms with Gasteiger partial charge in [0.05, 0.1) is 0 Å². The van der Waals surface area contributed by atoms with Crippen molar-refractivity contribution in [2.24, 2.45) is 0 Å². The van der Waals surface area contributed by atoms with E-state index < -0.39 is 0 Å². The molecule has 0 bridgehead atoms. The number of hydrogen-bond acceptors (Lipinski definition) is 2. The first-order valence-corrected chi connectivity index (χ1v) is 4.85. The van der Waals surface area contributed by atoms with Gasteiger partial charge in [0.1, 0.15) is 5.75 Å². The normalized spacial score (nSPS) is 9.86. The summed E-state index contributed by atoms with van der Waals surface area (Å²) in [7, 11) is 0. The molecule has 1 aromatic rings. The fourth-order valence-electron chi connectivity index (χ4n) is 1.20. The fraction of sp³-hybridized carbons (Fsp3) is 0.333. The zero-order valence-corrected chi connectivity index (χ0v) is 8.45. The molecule has 0 fully saturated rings. The Hall–Kier alpha value is -1.31. The Balaban J connectivity index is 2.78. The molecule has 0 saturated heterocycles. The highest BCUT2D eigenvalue weighted by molar-refractivity contribution is 5.72. The second-order valence-electron chi connectivity index (χ2n) is 3.04. The molecule has 0 atom stereocenters. The molecule has 2 nitrogen and oxygen atoms in total. The van der Waals surface area contributed by atoms with Crippen LogP contribution in [0.15, 0.2) is 24.3 Å². The predicted octanol–water partition coefficient (Wildman–Crippen LogP) is 2.77. The molecule has 14 heavy (non-hydrogen) atoms. The SMILES string of the molecule is [CH2]CCc1ccccc1OC(=O)CC. The molecule has 0 heterocycles. The standard InChI is InChI=1S/C12H15O2/c1-3-7-10-8-5-6-9-11(10)14-12(13)4-2/h5-6,8-9H,1,3-4,7H2,2H3. The van der Waals surface area contributed by atoms with Crippen LogP contribution in [0.4, 0.5) is 0 Å². The second-order valence-corrected chi connectivity index (χ2v) is 3.04. The van der Waals surface area contributed by atoms with Crippen LogP contribution >= 0.6 is 0 Å². The zero-order valence-electron chi connectivity index (χ0n) is 8.45. The summed E-state index contributed by atoms with van der Waals surface area (Å²) in [6, 6.07) is 7.58. The molecule has 0 amide bonds. The van der Waals surface area contributed by atoms with Gasteiger partial charge in [-0.2, -0.15) is 0 Å². The summed E-state index contributed by atoms with van der Waals surface area (Å²) in [6.07, 6.45) is 2.05. The van der Waals surface area contributed by atoms with Gasteiger partial charge in [-0.25, -0.2) is 0 Å². The van der Waals surface area contributed by atoms with Gasteiger partial charge in [-0.15, -0.1) is 0 Å². The summed E-state index contributed by atoms with van der Waals surface area (Å²) in [5.74, 6) is 0.476. The van der Waals surface area contributed by atoms with Crippen molar-refractivity contribution in [3.05, 3.63) is 36.8 Å². The minimum atomic E-state index is -0.193. The van der Waals surface area contributed by atoms with Gasteiger partial charge in [0, 0.05) is 6.42 Å². The van der Waals surface area contributed by atoms with Crippen molar-refractivity contribution in [2.75, 3.05) is 0 Å². The second kappa shape index (κ2) is 5.43. The van der Waals surface area contributed by atoms with E-state index in [4.69, 9.17) is 4.74 Å². The van der Waals surface area contributed by atoms with E-state index in [1.54, 1.807) is 6.92 Å². The van der Waals surface area contributed by atoms with Gasteiger partial charge in [-0.05, 0) is 24.5 Å². The molecule has 0 aliphatic heterocycles. The monoisotopic (exact) mass is 191 g/mol. The Bertz CT molecular complexity index is 305. The minimum Gasteiger partial charge on any atom is -0.426 e. The van der Waals surface area contributed by atoms with Gasteiger partial charge in [0.2, 0.25) is 0 Å². The smallest absolute Gasteiger partial charge is 0.310 e. The maximum atomic E-state index is 11.1. The Labute approximate surface area is 84.9 Å². The van der Waals surface area contributed by atoms with Gasteiger partial charge < -0.3 is 4.74 Å². The average Bonchev–Trinajstić information content (AvgIpc) is 2.21. The van der Waals surface area contributed by atoms with Gasteiger partial charge >= 0.3 is 5.97 Å². The van der Waals surface area contributed by atoms with Crippen LogP contribution in [0, 0.1) is 6.92 Å². The number of hydrogen-bond donors (Lipinski definition) is 0. The van der Waals surface area contributed by atoms with Crippen molar-refractivity contribution in [3.63, 3.8) is 0 Å². The van der Waals surface area contributed by atoms with Crippen LogP contribution in [-0.4, -0.2) is 5.97 Å². The number of benzene rings is 1. The number of ether oxygens (including phenoxy) is 1. The maximum absolute atomic E-state index is 11.1. The van der Waals surface area contributed by atoms with Gasteiger partial charge in [-0.3, -0.25) is 4.79 Å². The van der Waals surface area contributed by atoms with E-state index in [9.17, 15) is 4.79 Å². The summed E-state index contributed by atoms with van der Waals surface area (Å²) in [6.45, 7) is 5.56. The molecule has 2 heteroatoms. The van der Waals surface area contributed by atoms with Gasteiger partial charge in [0.25, 0.3) is 0 Å². The molecule has 1 rings (SSSR count). The van der Waals surface area contributed by atoms with E-state index in [0.717, 1.165) is 18.4 Å². The Morgan fingerprint density at radius 2 is 2.14 bits per heavy atom. The summed E-state index contributed by atoms with van der Waals surface area (Å²) < 4.78 is 5.18. The summed E-state index contributed by atoms with van der Waals surface area (Å²) >= 11 is 0. The van der Waals surface area contributed by atoms with E-state index in [1.165, 1.54) is 0 Å². The Kier molecular flexibility index (Phi) is 4.17. The van der Waals surface area contributed by atoms with Gasteiger partial charge in [0.15, 0.2) is 0 Å². The number of rotatable bonds is 4. The van der Waals surface area contributed by atoms with E-state index in [0.29, 0.717) is 12.2 Å². The third kappa shape index (κ3) is 2.87. The predicted molar refractivity (Wildman–Crippen MR) is 56.0 cm³/mol. The highest BCUT2D eigenvalue weighted by Crippen LogP contribution is 2.19. The lowest BCUT2D eigenvalue weighted by molar-refractivity contribution is -0.134. The molecule has 1 aromatic carbocycles. The van der Waals surface area contributed by atoms with Crippen LogP contribution in [0.5, 0.6) is 5.75 Å². The number of carbonyl (C=O) groups excluding carboxylic acids is 1. The summed E-state index contributed by atoms with van der Waals surface area (Å²) in [5, 5.41) is 0. The Morgan fingerprint density at radius 1 is 1.43 bits per heavy atom. The molecule has 0 aromatic heterocycles. The van der Waals surface area contributed by atoms with Crippen LogP contribution in [0.25, 0.3) is 0 Å².